The van der Waals surface area contributed by atoms with Crippen LogP contribution in [0.25, 0.3) is 5.69 Å². The molecule has 0 bridgehead atoms. The van der Waals surface area contributed by atoms with Crippen molar-refractivity contribution in [2.45, 2.75) is 18.5 Å². The van der Waals surface area contributed by atoms with E-state index in [0.717, 1.165) is 4.72 Å². The average Bonchev–Trinajstić information content (AvgIpc) is 2.87. The van der Waals surface area contributed by atoms with Crippen LogP contribution in [0.15, 0.2) is 16.9 Å². The third kappa shape index (κ3) is 5.48. The first-order valence-electron chi connectivity index (χ1n) is 6.65. The smallest absolute Gasteiger partial charge is 0.274 e. The third-order valence-corrected chi connectivity index (χ3v) is 4.37. The molecule has 16 heteroatoms. The number of halogens is 6. The summed E-state index contributed by atoms with van der Waals surface area (Å²) in [5, 5.41) is 6.01. The van der Waals surface area contributed by atoms with Crippen molar-refractivity contribution in [3.05, 3.63) is 33.5 Å². The molecule has 0 aliphatic rings. The SMILES string of the molecule is O=c1n(CCCF)nnn1-c1cc(NS(=O)(=O)C(F)(F)F)c(Cl)cc1F.[K+]. The number of benzene rings is 1. The maximum Gasteiger partial charge on any atom is 1.00 e. The Morgan fingerprint density at radius 1 is 1.22 bits per heavy atom. The maximum absolute atomic E-state index is 14.0. The largest absolute Gasteiger partial charge is 1.00 e. The first-order chi connectivity index (χ1) is 12.0. The quantitative estimate of drug-likeness (QED) is 0.433. The van der Waals surface area contributed by atoms with Crippen LogP contribution in [0.3, 0.4) is 0 Å². The molecular formula is C11H9ClF5KN5O3S+. The summed E-state index contributed by atoms with van der Waals surface area (Å²) < 4.78 is 88.1. The molecule has 27 heavy (non-hydrogen) atoms. The molecule has 0 unspecified atom stereocenters. The van der Waals surface area contributed by atoms with Gasteiger partial charge in [-0.2, -0.15) is 31.0 Å². The van der Waals surface area contributed by atoms with Gasteiger partial charge in [-0.3, -0.25) is 9.11 Å². The molecule has 0 amide bonds. The predicted molar refractivity (Wildman–Crippen MR) is 79.8 cm³/mol. The first-order valence-corrected chi connectivity index (χ1v) is 8.51. The summed E-state index contributed by atoms with van der Waals surface area (Å²) in [4.78, 5) is 12.0. The van der Waals surface area contributed by atoms with Crippen molar-refractivity contribution < 1.29 is 81.8 Å². The van der Waals surface area contributed by atoms with Gasteiger partial charge in [0.15, 0.2) is 5.82 Å². The Hall–Kier alpha value is -0.584. The molecule has 2 aromatic rings. The van der Waals surface area contributed by atoms with Gasteiger partial charge in [0.25, 0.3) is 0 Å². The van der Waals surface area contributed by atoms with Gasteiger partial charge < -0.3 is 0 Å². The van der Waals surface area contributed by atoms with E-state index in [-0.39, 0.29) is 64.4 Å². The van der Waals surface area contributed by atoms with Crippen molar-refractivity contribution in [3.63, 3.8) is 0 Å². The Morgan fingerprint density at radius 2 is 1.85 bits per heavy atom. The third-order valence-electron chi connectivity index (χ3n) is 2.96. The Labute approximate surface area is 196 Å². The normalized spacial score (nSPS) is 11.9. The molecule has 1 heterocycles. The fourth-order valence-corrected chi connectivity index (χ4v) is 2.58. The summed E-state index contributed by atoms with van der Waals surface area (Å²) in [7, 11) is -5.83. The van der Waals surface area contributed by atoms with Crippen molar-refractivity contribution in [3.8, 4) is 5.69 Å². The summed E-state index contributed by atoms with van der Waals surface area (Å²) in [6.45, 7) is -0.921. The van der Waals surface area contributed by atoms with Crippen LogP contribution in [0, 0.1) is 5.82 Å². The van der Waals surface area contributed by atoms with Crippen LogP contribution in [0.1, 0.15) is 6.42 Å². The average molecular weight is 461 g/mol. The number of rotatable bonds is 6. The molecule has 144 valence electrons. The molecule has 1 aromatic carbocycles. The van der Waals surface area contributed by atoms with Crippen molar-refractivity contribution >= 4 is 27.3 Å². The number of aryl methyl sites for hydroxylation is 1. The van der Waals surface area contributed by atoms with Gasteiger partial charge in [0.05, 0.1) is 23.9 Å². The summed E-state index contributed by atoms with van der Waals surface area (Å²) in [5.74, 6) is -1.18. The molecule has 0 saturated carbocycles. The number of nitrogens with zero attached hydrogens (tertiary/aromatic N) is 4. The van der Waals surface area contributed by atoms with E-state index in [2.05, 4.69) is 10.4 Å². The van der Waals surface area contributed by atoms with E-state index in [1.165, 1.54) is 0 Å². The topological polar surface area (TPSA) is 98.9 Å². The Kier molecular flexibility index (Phi) is 8.40. The molecule has 0 aliphatic heterocycles. The van der Waals surface area contributed by atoms with Gasteiger partial charge in [-0.05, 0) is 29.0 Å². The molecule has 8 nitrogen and oxygen atoms in total. The summed E-state index contributed by atoms with van der Waals surface area (Å²) in [6.07, 6.45) is -0.0711. The zero-order valence-electron chi connectivity index (χ0n) is 13.5. The number of hydrogen-bond acceptors (Lipinski definition) is 5. The molecule has 0 spiro atoms. The number of sulfonamides is 1. The molecule has 0 aliphatic carbocycles. The van der Waals surface area contributed by atoms with E-state index in [9.17, 15) is 35.2 Å². The Balaban J connectivity index is 0.00000364. The van der Waals surface area contributed by atoms with Crippen molar-refractivity contribution in [1.29, 1.82) is 0 Å². The minimum absolute atomic E-state index is 0. The first kappa shape index (κ1) is 24.5. The molecule has 1 N–H and O–H groups in total. The number of aromatic nitrogens is 4. The monoisotopic (exact) mass is 460 g/mol. The van der Waals surface area contributed by atoms with E-state index in [0.29, 0.717) is 21.5 Å². The molecule has 0 radical (unpaired) electrons. The van der Waals surface area contributed by atoms with E-state index in [4.69, 9.17) is 11.6 Å². The number of hydrogen-bond donors (Lipinski definition) is 1. The van der Waals surface area contributed by atoms with Gasteiger partial charge in [-0.25, -0.2) is 9.18 Å². The van der Waals surface area contributed by atoms with Crippen LogP contribution in [0.5, 0.6) is 0 Å². The van der Waals surface area contributed by atoms with Crippen molar-refractivity contribution in [1.82, 2.24) is 19.8 Å². The van der Waals surface area contributed by atoms with Crippen LogP contribution in [0.2, 0.25) is 5.02 Å². The van der Waals surface area contributed by atoms with Crippen LogP contribution in [0.4, 0.5) is 27.6 Å². The Bertz CT molecular complexity index is 978. The van der Waals surface area contributed by atoms with Gasteiger partial charge in [-0.1, -0.05) is 11.6 Å². The molecule has 1 aromatic heterocycles. The zero-order chi connectivity index (χ0) is 19.7. The molecule has 2 rings (SSSR count). The fourth-order valence-electron chi connectivity index (χ4n) is 1.76. The molecular weight excluding hydrogens is 452 g/mol. The minimum atomic E-state index is -5.83. The minimum Gasteiger partial charge on any atom is -0.274 e. The predicted octanol–water partition coefficient (Wildman–Crippen LogP) is -1.15. The van der Waals surface area contributed by atoms with E-state index < -0.39 is 50.1 Å². The molecule has 0 atom stereocenters. The van der Waals surface area contributed by atoms with Crippen LogP contribution < -0.4 is 61.8 Å². The number of tetrazole rings is 1. The molecule has 0 fully saturated rings. The van der Waals surface area contributed by atoms with Gasteiger partial charge in [-0.15, -0.1) is 0 Å². The van der Waals surface area contributed by atoms with Crippen LogP contribution >= 0.6 is 11.6 Å². The number of anilines is 1. The van der Waals surface area contributed by atoms with Crippen molar-refractivity contribution in [2.24, 2.45) is 0 Å². The second-order valence-corrected chi connectivity index (χ2v) is 6.85. The van der Waals surface area contributed by atoms with Gasteiger partial charge in [0.2, 0.25) is 0 Å². The second-order valence-electron chi connectivity index (χ2n) is 4.77. The van der Waals surface area contributed by atoms with Crippen LogP contribution in [-0.2, 0) is 16.6 Å². The van der Waals surface area contributed by atoms with Gasteiger partial charge in [0.1, 0.15) is 5.69 Å². The fraction of sp³-hybridized carbons (Fsp3) is 0.364. The summed E-state index contributed by atoms with van der Waals surface area (Å²) in [5.41, 5.74) is -8.18. The van der Waals surface area contributed by atoms with Crippen LogP contribution in [-0.4, -0.2) is 40.4 Å². The molecule has 0 saturated heterocycles. The van der Waals surface area contributed by atoms with E-state index in [1.807, 2.05) is 0 Å². The number of nitrogens with one attached hydrogen (secondary N) is 1. The standard InChI is InChI=1S/C11H9ClF5N5O3S.K/c12-6-4-7(14)9(5-8(6)18-26(24,25)11(15,16)17)22-10(23)21(19-20-22)3-1-2-13;/h4-5,18H,1-3H2;/q;+1. The second kappa shape index (κ2) is 9.28. The number of alkyl halides is 4. The maximum atomic E-state index is 14.0. The van der Waals surface area contributed by atoms with E-state index in [1.54, 1.807) is 0 Å². The summed E-state index contributed by atoms with van der Waals surface area (Å²) >= 11 is 5.55. The zero-order valence-corrected chi connectivity index (χ0v) is 18.2. The van der Waals surface area contributed by atoms with E-state index >= 15 is 0 Å². The van der Waals surface area contributed by atoms with Gasteiger partial charge >= 0.3 is 72.6 Å². The van der Waals surface area contributed by atoms with Crippen molar-refractivity contribution in [2.75, 3.05) is 11.4 Å². The summed E-state index contributed by atoms with van der Waals surface area (Å²) in [6, 6.07) is 1.05. The van der Waals surface area contributed by atoms with Gasteiger partial charge in [0, 0.05) is 0 Å². The Morgan fingerprint density at radius 3 is 2.41 bits per heavy atom.